The Morgan fingerprint density at radius 1 is 1.14 bits per heavy atom. The van der Waals surface area contributed by atoms with Crippen molar-refractivity contribution in [3.63, 3.8) is 0 Å². The van der Waals surface area contributed by atoms with E-state index in [0.29, 0.717) is 36.2 Å². The number of carbonyl (C=O) groups is 1. The predicted molar refractivity (Wildman–Crippen MR) is 101 cm³/mol. The van der Waals surface area contributed by atoms with Crippen LogP contribution in [0.4, 0.5) is 0 Å². The SMILES string of the molecule is Cc1noc(C(C)NC(=O)c2cc(C)n(-c3ccc4c(c3)OCCO4)c2C)n1. The minimum atomic E-state index is -0.383. The average Bonchev–Trinajstić information content (AvgIpc) is 3.24. The lowest BCUT2D eigenvalue weighted by atomic mass is 10.2. The molecule has 3 heterocycles. The molecule has 1 atom stereocenters. The van der Waals surface area contributed by atoms with Crippen LogP contribution in [0.2, 0.25) is 0 Å². The van der Waals surface area contributed by atoms with Crippen molar-refractivity contribution in [1.29, 1.82) is 0 Å². The molecule has 8 nitrogen and oxygen atoms in total. The van der Waals surface area contributed by atoms with Gasteiger partial charge in [-0.3, -0.25) is 4.79 Å². The van der Waals surface area contributed by atoms with Crippen molar-refractivity contribution in [3.8, 4) is 17.2 Å². The van der Waals surface area contributed by atoms with Crippen LogP contribution in [0.1, 0.15) is 46.4 Å². The summed E-state index contributed by atoms with van der Waals surface area (Å²) in [4.78, 5) is 17.0. The highest BCUT2D eigenvalue weighted by Crippen LogP contribution is 2.33. The van der Waals surface area contributed by atoms with Crippen LogP contribution in [0, 0.1) is 20.8 Å². The molecule has 1 aliphatic rings. The Morgan fingerprint density at radius 3 is 2.61 bits per heavy atom. The van der Waals surface area contributed by atoms with Gasteiger partial charge in [-0.2, -0.15) is 4.98 Å². The van der Waals surface area contributed by atoms with Crippen LogP contribution in [-0.2, 0) is 0 Å². The lowest BCUT2D eigenvalue weighted by Gasteiger charge is -2.20. The summed E-state index contributed by atoms with van der Waals surface area (Å²) in [5.41, 5.74) is 3.29. The first-order valence-electron chi connectivity index (χ1n) is 9.14. The van der Waals surface area contributed by atoms with E-state index in [-0.39, 0.29) is 11.9 Å². The zero-order chi connectivity index (χ0) is 19.8. The topological polar surface area (TPSA) is 91.4 Å². The first-order chi connectivity index (χ1) is 13.4. The summed E-state index contributed by atoms with van der Waals surface area (Å²) >= 11 is 0. The van der Waals surface area contributed by atoms with Crippen LogP contribution in [0.15, 0.2) is 28.8 Å². The number of amides is 1. The molecular formula is C20H22N4O4. The number of nitrogens with zero attached hydrogens (tertiary/aromatic N) is 3. The molecule has 1 N–H and O–H groups in total. The summed E-state index contributed by atoms with van der Waals surface area (Å²) in [6.45, 7) is 8.51. The monoisotopic (exact) mass is 382 g/mol. The van der Waals surface area contributed by atoms with E-state index in [1.165, 1.54) is 0 Å². The molecule has 0 radical (unpaired) electrons. The third-order valence-electron chi connectivity index (χ3n) is 4.72. The Morgan fingerprint density at radius 2 is 1.89 bits per heavy atom. The first kappa shape index (κ1) is 18.1. The molecule has 0 bridgehead atoms. The number of ether oxygens (including phenoxy) is 2. The van der Waals surface area contributed by atoms with Crippen molar-refractivity contribution in [1.82, 2.24) is 20.0 Å². The minimum absolute atomic E-state index is 0.194. The second kappa shape index (κ2) is 7.03. The summed E-state index contributed by atoms with van der Waals surface area (Å²) in [6.07, 6.45) is 0. The van der Waals surface area contributed by atoms with Gasteiger partial charge in [0.1, 0.15) is 19.3 Å². The quantitative estimate of drug-likeness (QED) is 0.746. The molecule has 28 heavy (non-hydrogen) atoms. The maximum Gasteiger partial charge on any atom is 0.253 e. The number of rotatable bonds is 4. The van der Waals surface area contributed by atoms with Crippen molar-refractivity contribution in [2.24, 2.45) is 0 Å². The molecule has 1 amide bonds. The minimum Gasteiger partial charge on any atom is -0.486 e. The third-order valence-corrected chi connectivity index (χ3v) is 4.72. The van der Waals surface area contributed by atoms with E-state index < -0.39 is 0 Å². The van der Waals surface area contributed by atoms with Crippen LogP contribution < -0.4 is 14.8 Å². The van der Waals surface area contributed by atoms with E-state index >= 15 is 0 Å². The number of hydrogen-bond acceptors (Lipinski definition) is 6. The van der Waals surface area contributed by atoms with E-state index in [4.69, 9.17) is 14.0 Å². The second-order valence-corrected chi connectivity index (χ2v) is 6.82. The second-order valence-electron chi connectivity index (χ2n) is 6.82. The van der Waals surface area contributed by atoms with Crippen molar-refractivity contribution in [2.75, 3.05) is 13.2 Å². The number of carbonyl (C=O) groups excluding carboxylic acids is 1. The standard InChI is InChI=1S/C20H22N4O4/c1-11-9-16(19(25)21-12(2)20-22-14(4)23-28-20)13(3)24(11)15-5-6-17-18(10-15)27-8-7-26-17/h5-6,9-10,12H,7-8H2,1-4H3,(H,21,25). The Labute approximate surface area is 162 Å². The largest absolute Gasteiger partial charge is 0.486 e. The number of benzene rings is 1. The zero-order valence-corrected chi connectivity index (χ0v) is 16.3. The summed E-state index contributed by atoms with van der Waals surface area (Å²) < 4.78 is 18.4. The van der Waals surface area contributed by atoms with Gasteiger partial charge < -0.3 is 23.9 Å². The lowest BCUT2D eigenvalue weighted by Crippen LogP contribution is -2.27. The van der Waals surface area contributed by atoms with Gasteiger partial charge in [-0.25, -0.2) is 0 Å². The molecule has 8 heteroatoms. The molecule has 1 aliphatic heterocycles. The molecule has 0 saturated carbocycles. The Balaban J connectivity index is 1.61. The molecule has 2 aromatic heterocycles. The van der Waals surface area contributed by atoms with Gasteiger partial charge >= 0.3 is 0 Å². The van der Waals surface area contributed by atoms with Gasteiger partial charge in [-0.05, 0) is 45.9 Å². The van der Waals surface area contributed by atoms with Gasteiger partial charge in [0.15, 0.2) is 17.3 Å². The molecule has 1 aromatic carbocycles. The van der Waals surface area contributed by atoms with Gasteiger partial charge in [0.05, 0.1) is 5.56 Å². The number of aryl methyl sites for hydroxylation is 2. The molecule has 1 unspecified atom stereocenters. The molecule has 0 aliphatic carbocycles. The molecule has 0 saturated heterocycles. The lowest BCUT2D eigenvalue weighted by molar-refractivity contribution is 0.0932. The van der Waals surface area contributed by atoms with Crippen molar-refractivity contribution >= 4 is 5.91 Å². The maximum absolute atomic E-state index is 12.8. The third kappa shape index (κ3) is 3.21. The Bertz CT molecular complexity index is 1040. The highest BCUT2D eigenvalue weighted by molar-refractivity contribution is 5.96. The maximum atomic E-state index is 12.8. The summed E-state index contributed by atoms with van der Waals surface area (Å²) in [5.74, 6) is 2.17. The van der Waals surface area contributed by atoms with Crippen LogP contribution in [-0.4, -0.2) is 33.8 Å². The fourth-order valence-corrected chi connectivity index (χ4v) is 3.39. The van der Waals surface area contributed by atoms with Crippen molar-refractivity contribution < 1.29 is 18.8 Å². The van der Waals surface area contributed by atoms with E-state index in [1.54, 1.807) is 6.92 Å². The van der Waals surface area contributed by atoms with E-state index in [2.05, 4.69) is 15.5 Å². The van der Waals surface area contributed by atoms with Crippen LogP contribution in [0.3, 0.4) is 0 Å². The highest BCUT2D eigenvalue weighted by atomic mass is 16.6. The summed E-state index contributed by atoms with van der Waals surface area (Å²) in [5, 5.41) is 6.68. The molecular weight excluding hydrogens is 360 g/mol. The highest BCUT2D eigenvalue weighted by Gasteiger charge is 2.22. The summed E-state index contributed by atoms with van der Waals surface area (Å²) in [6, 6.07) is 7.26. The van der Waals surface area contributed by atoms with Gasteiger partial charge in [-0.1, -0.05) is 5.16 Å². The van der Waals surface area contributed by atoms with Gasteiger partial charge in [0.2, 0.25) is 5.89 Å². The predicted octanol–water partition coefficient (Wildman–Crippen LogP) is 3.05. The summed E-state index contributed by atoms with van der Waals surface area (Å²) in [7, 11) is 0. The molecule has 0 fully saturated rings. The number of aromatic nitrogens is 3. The first-order valence-corrected chi connectivity index (χ1v) is 9.14. The van der Waals surface area contributed by atoms with Gasteiger partial charge in [0, 0.05) is 23.1 Å². The van der Waals surface area contributed by atoms with Crippen LogP contribution in [0.25, 0.3) is 5.69 Å². The fourth-order valence-electron chi connectivity index (χ4n) is 3.39. The molecule has 146 valence electrons. The van der Waals surface area contributed by atoms with Gasteiger partial charge in [-0.15, -0.1) is 0 Å². The van der Waals surface area contributed by atoms with Crippen LogP contribution >= 0.6 is 0 Å². The number of hydrogen-bond donors (Lipinski definition) is 1. The molecule has 3 aromatic rings. The smallest absolute Gasteiger partial charge is 0.253 e. The Hall–Kier alpha value is -3.29. The zero-order valence-electron chi connectivity index (χ0n) is 16.3. The van der Waals surface area contributed by atoms with Crippen LogP contribution in [0.5, 0.6) is 11.5 Å². The molecule has 4 rings (SSSR count). The number of fused-ring (bicyclic) bond motifs is 1. The normalized spacial score (nSPS) is 14.0. The van der Waals surface area contributed by atoms with E-state index in [1.807, 2.05) is 49.6 Å². The van der Waals surface area contributed by atoms with Crippen molar-refractivity contribution in [3.05, 3.63) is 52.9 Å². The molecule has 0 spiro atoms. The Kier molecular flexibility index (Phi) is 4.54. The van der Waals surface area contributed by atoms with Gasteiger partial charge in [0.25, 0.3) is 5.91 Å². The average molecular weight is 382 g/mol. The van der Waals surface area contributed by atoms with Crippen molar-refractivity contribution in [2.45, 2.75) is 33.7 Å². The van der Waals surface area contributed by atoms with E-state index in [9.17, 15) is 4.79 Å². The number of nitrogens with one attached hydrogen (secondary N) is 1. The van der Waals surface area contributed by atoms with E-state index in [0.717, 1.165) is 22.8 Å². The fraction of sp³-hybridized carbons (Fsp3) is 0.350.